The summed E-state index contributed by atoms with van der Waals surface area (Å²) in [6.45, 7) is 3.00. The van der Waals surface area contributed by atoms with E-state index in [9.17, 15) is 4.79 Å². The molecule has 1 aromatic rings. The zero-order chi connectivity index (χ0) is 14.5. The fourth-order valence-corrected chi connectivity index (χ4v) is 2.36. The molecule has 0 aromatic heterocycles. The van der Waals surface area contributed by atoms with E-state index >= 15 is 0 Å². The van der Waals surface area contributed by atoms with Crippen LogP contribution >= 0.6 is 0 Å². The average Bonchev–Trinajstić information content (AvgIpc) is 2.48. The SMILES string of the molecule is CN(C)c1cccc(N2CCN(C(=O)CC#N)CC2)c1. The normalized spacial score (nSPS) is 14.8. The Bertz CT molecular complexity index is 513. The van der Waals surface area contributed by atoms with Crippen molar-refractivity contribution in [1.82, 2.24) is 4.90 Å². The standard InChI is InChI=1S/C15H20N4O/c1-17(2)13-4-3-5-14(12-13)18-8-10-19(11-9-18)15(20)6-7-16/h3-5,12H,6,8-11H2,1-2H3. The maximum absolute atomic E-state index is 11.7. The van der Waals surface area contributed by atoms with Gasteiger partial charge in [-0.3, -0.25) is 4.79 Å². The number of anilines is 2. The second-order valence-corrected chi connectivity index (χ2v) is 5.12. The number of carbonyl (C=O) groups is 1. The van der Waals surface area contributed by atoms with Crippen molar-refractivity contribution in [2.45, 2.75) is 6.42 Å². The van der Waals surface area contributed by atoms with Crippen LogP contribution in [0.2, 0.25) is 0 Å². The van der Waals surface area contributed by atoms with E-state index in [0.29, 0.717) is 13.1 Å². The minimum atomic E-state index is -0.0609. The molecular formula is C15H20N4O. The highest BCUT2D eigenvalue weighted by atomic mass is 16.2. The summed E-state index contributed by atoms with van der Waals surface area (Å²) in [5.74, 6) is -0.0609. The number of hydrogen-bond donors (Lipinski definition) is 0. The fourth-order valence-electron chi connectivity index (χ4n) is 2.36. The van der Waals surface area contributed by atoms with Gasteiger partial charge in [0.1, 0.15) is 6.42 Å². The summed E-state index contributed by atoms with van der Waals surface area (Å²) in [5, 5.41) is 8.57. The third-order valence-corrected chi connectivity index (χ3v) is 3.57. The predicted molar refractivity (Wildman–Crippen MR) is 79.8 cm³/mol. The Morgan fingerprint density at radius 1 is 1.30 bits per heavy atom. The number of rotatable bonds is 3. The number of amides is 1. The third kappa shape index (κ3) is 3.21. The average molecular weight is 272 g/mol. The lowest BCUT2D eigenvalue weighted by molar-refractivity contribution is -0.130. The molecule has 0 bridgehead atoms. The molecule has 0 aliphatic carbocycles. The Balaban J connectivity index is 1.99. The summed E-state index contributed by atoms with van der Waals surface area (Å²) in [6, 6.07) is 10.3. The molecule has 0 unspecified atom stereocenters. The molecule has 0 saturated carbocycles. The van der Waals surface area contributed by atoms with Gasteiger partial charge in [0.05, 0.1) is 6.07 Å². The number of hydrogen-bond acceptors (Lipinski definition) is 4. The minimum Gasteiger partial charge on any atom is -0.378 e. The zero-order valence-corrected chi connectivity index (χ0v) is 12.0. The molecule has 5 nitrogen and oxygen atoms in total. The van der Waals surface area contributed by atoms with Gasteiger partial charge in [0.15, 0.2) is 0 Å². The van der Waals surface area contributed by atoms with Gasteiger partial charge in [-0.15, -0.1) is 0 Å². The van der Waals surface area contributed by atoms with Gasteiger partial charge in [-0.05, 0) is 18.2 Å². The Hall–Kier alpha value is -2.22. The highest BCUT2D eigenvalue weighted by molar-refractivity contribution is 5.78. The molecule has 1 saturated heterocycles. The van der Waals surface area contributed by atoms with Crippen molar-refractivity contribution in [3.8, 4) is 6.07 Å². The smallest absolute Gasteiger partial charge is 0.236 e. The van der Waals surface area contributed by atoms with E-state index in [0.717, 1.165) is 13.1 Å². The van der Waals surface area contributed by atoms with Crippen LogP contribution in [0.4, 0.5) is 11.4 Å². The molecule has 0 spiro atoms. The second kappa shape index (κ2) is 6.29. The van der Waals surface area contributed by atoms with Crippen molar-refractivity contribution < 1.29 is 4.79 Å². The summed E-state index contributed by atoms with van der Waals surface area (Å²) < 4.78 is 0. The summed E-state index contributed by atoms with van der Waals surface area (Å²) in [7, 11) is 4.05. The van der Waals surface area contributed by atoms with Crippen LogP contribution in [0, 0.1) is 11.3 Å². The number of piperazine rings is 1. The van der Waals surface area contributed by atoms with Gasteiger partial charge in [0.25, 0.3) is 0 Å². The molecule has 1 heterocycles. The highest BCUT2D eigenvalue weighted by Gasteiger charge is 2.21. The maximum Gasteiger partial charge on any atom is 0.236 e. The first-order valence-electron chi connectivity index (χ1n) is 6.79. The monoisotopic (exact) mass is 272 g/mol. The van der Waals surface area contributed by atoms with Gasteiger partial charge in [-0.1, -0.05) is 6.07 Å². The molecule has 20 heavy (non-hydrogen) atoms. The Morgan fingerprint density at radius 3 is 2.60 bits per heavy atom. The molecule has 0 radical (unpaired) electrons. The number of nitrogens with zero attached hydrogens (tertiary/aromatic N) is 4. The molecule has 106 valence electrons. The summed E-state index contributed by atoms with van der Waals surface area (Å²) in [5.41, 5.74) is 2.36. The molecule has 1 aliphatic rings. The van der Waals surface area contributed by atoms with Crippen LogP contribution < -0.4 is 9.80 Å². The first-order valence-corrected chi connectivity index (χ1v) is 6.79. The molecule has 5 heteroatoms. The molecule has 2 rings (SSSR count). The first-order chi connectivity index (χ1) is 9.61. The number of carbonyl (C=O) groups excluding carboxylic acids is 1. The molecule has 1 amide bonds. The van der Waals surface area contributed by atoms with Gasteiger partial charge in [0, 0.05) is 51.6 Å². The topological polar surface area (TPSA) is 50.6 Å². The third-order valence-electron chi connectivity index (χ3n) is 3.57. The van der Waals surface area contributed by atoms with Crippen molar-refractivity contribution in [3.05, 3.63) is 24.3 Å². The lowest BCUT2D eigenvalue weighted by Gasteiger charge is -2.36. The van der Waals surface area contributed by atoms with E-state index < -0.39 is 0 Å². The zero-order valence-electron chi connectivity index (χ0n) is 12.0. The van der Waals surface area contributed by atoms with Crippen molar-refractivity contribution >= 4 is 17.3 Å². The van der Waals surface area contributed by atoms with Crippen LogP contribution in [-0.2, 0) is 4.79 Å². The fraction of sp³-hybridized carbons (Fsp3) is 0.467. The minimum absolute atomic E-state index is 0.0177. The van der Waals surface area contributed by atoms with E-state index in [1.807, 2.05) is 20.2 Å². The molecule has 1 aliphatic heterocycles. The number of benzene rings is 1. The van der Waals surface area contributed by atoms with E-state index in [1.54, 1.807) is 4.90 Å². The summed E-state index contributed by atoms with van der Waals surface area (Å²) in [4.78, 5) is 17.8. The van der Waals surface area contributed by atoms with Crippen LogP contribution in [0.25, 0.3) is 0 Å². The van der Waals surface area contributed by atoms with Gasteiger partial charge < -0.3 is 14.7 Å². The van der Waals surface area contributed by atoms with E-state index in [1.165, 1.54) is 11.4 Å². The van der Waals surface area contributed by atoms with Gasteiger partial charge in [-0.2, -0.15) is 5.26 Å². The van der Waals surface area contributed by atoms with Crippen LogP contribution in [0.15, 0.2) is 24.3 Å². The van der Waals surface area contributed by atoms with Crippen LogP contribution in [0.3, 0.4) is 0 Å². The Morgan fingerprint density at radius 2 is 2.00 bits per heavy atom. The lowest BCUT2D eigenvalue weighted by atomic mass is 10.2. The van der Waals surface area contributed by atoms with E-state index in [4.69, 9.17) is 5.26 Å². The highest BCUT2D eigenvalue weighted by Crippen LogP contribution is 2.22. The molecular weight excluding hydrogens is 252 g/mol. The van der Waals surface area contributed by atoms with Crippen molar-refractivity contribution in [2.75, 3.05) is 50.1 Å². The van der Waals surface area contributed by atoms with Crippen LogP contribution in [0.5, 0.6) is 0 Å². The van der Waals surface area contributed by atoms with Crippen LogP contribution in [0.1, 0.15) is 6.42 Å². The van der Waals surface area contributed by atoms with Crippen molar-refractivity contribution in [1.29, 1.82) is 5.26 Å². The molecule has 0 atom stereocenters. The Labute approximate surface area is 120 Å². The summed E-state index contributed by atoms with van der Waals surface area (Å²) >= 11 is 0. The van der Waals surface area contributed by atoms with Gasteiger partial charge >= 0.3 is 0 Å². The number of nitriles is 1. The largest absolute Gasteiger partial charge is 0.378 e. The molecule has 0 N–H and O–H groups in total. The van der Waals surface area contributed by atoms with E-state index in [2.05, 4.69) is 34.1 Å². The van der Waals surface area contributed by atoms with Gasteiger partial charge in [0.2, 0.25) is 5.91 Å². The molecule has 1 fully saturated rings. The van der Waals surface area contributed by atoms with Crippen molar-refractivity contribution in [2.24, 2.45) is 0 Å². The maximum atomic E-state index is 11.7. The van der Waals surface area contributed by atoms with E-state index in [-0.39, 0.29) is 12.3 Å². The second-order valence-electron chi connectivity index (χ2n) is 5.12. The van der Waals surface area contributed by atoms with Crippen LogP contribution in [-0.4, -0.2) is 51.1 Å². The lowest BCUT2D eigenvalue weighted by Crippen LogP contribution is -2.48. The molecule has 1 aromatic carbocycles. The van der Waals surface area contributed by atoms with Crippen molar-refractivity contribution in [3.63, 3.8) is 0 Å². The van der Waals surface area contributed by atoms with Gasteiger partial charge in [-0.25, -0.2) is 0 Å². The summed E-state index contributed by atoms with van der Waals surface area (Å²) in [6.07, 6.45) is -0.0177. The predicted octanol–water partition coefficient (Wildman–Crippen LogP) is 1.31. The Kier molecular flexibility index (Phi) is 4.46. The quantitative estimate of drug-likeness (QED) is 0.832. The first kappa shape index (κ1) is 14.2.